The van der Waals surface area contributed by atoms with Crippen molar-refractivity contribution in [2.45, 2.75) is 19.8 Å². The molecule has 1 atom stereocenters. The van der Waals surface area contributed by atoms with E-state index in [-0.39, 0.29) is 35.1 Å². The molecule has 160 valence electrons. The summed E-state index contributed by atoms with van der Waals surface area (Å²) in [5.74, 6) is -1.27. The summed E-state index contributed by atoms with van der Waals surface area (Å²) in [7, 11) is 0. The predicted octanol–water partition coefficient (Wildman–Crippen LogP) is 2.33. The quantitative estimate of drug-likeness (QED) is 0.625. The van der Waals surface area contributed by atoms with E-state index in [0.29, 0.717) is 30.8 Å². The van der Waals surface area contributed by atoms with Crippen molar-refractivity contribution in [1.82, 2.24) is 19.7 Å². The number of nitrogens with one attached hydrogen (secondary N) is 1. The zero-order valence-electron chi connectivity index (χ0n) is 17.0. The van der Waals surface area contributed by atoms with E-state index >= 15 is 0 Å². The number of hydrogen-bond acceptors (Lipinski definition) is 5. The van der Waals surface area contributed by atoms with Crippen LogP contribution in [0, 0.1) is 18.7 Å². The first-order chi connectivity index (χ1) is 14.8. The summed E-state index contributed by atoms with van der Waals surface area (Å²) in [4.78, 5) is 42.3. The number of nitrogens with zero attached hydrogens (tertiary/aromatic N) is 3. The summed E-state index contributed by atoms with van der Waals surface area (Å²) in [5, 5.41) is 4.18. The number of nitrogen functional groups attached to an aromatic ring is 1. The smallest absolute Gasteiger partial charge is 0.260 e. The lowest BCUT2D eigenvalue weighted by atomic mass is 9.90. The first-order valence-corrected chi connectivity index (χ1v) is 9.98. The number of aromatic nitrogens is 3. The molecule has 1 fully saturated rings. The first kappa shape index (κ1) is 20.5. The minimum atomic E-state index is -0.449. The van der Waals surface area contributed by atoms with Gasteiger partial charge in [0.25, 0.3) is 11.5 Å². The molecular weight excluding hydrogens is 401 g/mol. The number of aromatic amines is 1. The number of pyridine rings is 1. The highest BCUT2D eigenvalue weighted by Crippen LogP contribution is 2.26. The van der Waals surface area contributed by atoms with Crippen molar-refractivity contribution in [3.8, 4) is 5.69 Å². The fraction of sp³-hybridized carbons (Fsp3) is 0.273. The molecule has 1 unspecified atom stereocenters. The Bertz CT molecular complexity index is 1200. The Morgan fingerprint density at radius 3 is 2.61 bits per heavy atom. The maximum Gasteiger partial charge on any atom is 0.260 e. The number of halogens is 1. The molecule has 1 saturated heterocycles. The Morgan fingerprint density at radius 1 is 1.16 bits per heavy atom. The van der Waals surface area contributed by atoms with Gasteiger partial charge in [0.05, 0.1) is 17.4 Å². The highest BCUT2D eigenvalue weighted by atomic mass is 19.1. The van der Waals surface area contributed by atoms with Crippen molar-refractivity contribution in [1.29, 1.82) is 0 Å². The van der Waals surface area contributed by atoms with Gasteiger partial charge in [-0.2, -0.15) is 5.10 Å². The molecule has 31 heavy (non-hydrogen) atoms. The van der Waals surface area contributed by atoms with Gasteiger partial charge in [-0.25, -0.2) is 9.07 Å². The van der Waals surface area contributed by atoms with Crippen LogP contribution in [0.3, 0.4) is 0 Å². The molecule has 1 aromatic carbocycles. The number of nitrogens with two attached hydrogens (primary N) is 1. The molecular formula is C22H22FN5O3. The highest BCUT2D eigenvalue weighted by molar-refractivity contribution is 6.02. The van der Waals surface area contributed by atoms with E-state index in [2.05, 4.69) is 10.1 Å². The number of anilines is 1. The zero-order valence-corrected chi connectivity index (χ0v) is 17.0. The number of carbonyl (C=O) groups excluding carboxylic acids is 2. The van der Waals surface area contributed by atoms with Gasteiger partial charge in [0.15, 0.2) is 5.78 Å². The number of likely N-dealkylation sites (tertiary alicyclic amines) is 1. The van der Waals surface area contributed by atoms with Crippen LogP contribution >= 0.6 is 0 Å². The highest BCUT2D eigenvalue weighted by Gasteiger charge is 2.32. The lowest BCUT2D eigenvalue weighted by Gasteiger charge is -2.31. The number of ketones is 1. The Balaban J connectivity index is 1.53. The lowest BCUT2D eigenvalue weighted by Crippen LogP contribution is -2.44. The van der Waals surface area contributed by atoms with E-state index in [1.807, 2.05) is 0 Å². The molecule has 0 bridgehead atoms. The van der Waals surface area contributed by atoms with Crippen LogP contribution in [-0.4, -0.2) is 44.4 Å². The van der Waals surface area contributed by atoms with Gasteiger partial charge in [-0.15, -0.1) is 0 Å². The molecule has 1 aliphatic heterocycles. The lowest BCUT2D eigenvalue weighted by molar-refractivity contribution is 0.0636. The number of piperidine rings is 1. The first-order valence-electron chi connectivity index (χ1n) is 9.98. The molecule has 0 aliphatic carbocycles. The van der Waals surface area contributed by atoms with E-state index in [0.717, 1.165) is 0 Å². The van der Waals surface area contributed by atoms with Crippen LogP contribution in [0.2, 0.25) is 0 Å². The fourth-order valence-corrected chi connectivity index (χ4v) is 3.84. The van der Waals surface area contributed by atoms with Gasteiger partial charge >= 0.3 is 0 Å². The predicted molar refractivity (Wildman–Crippen MR) is 113 cm³/mol. The van der Waals surface area contributed by atoms with Crippen molar-refractivity contribution in [2.75, 3.05) is 18.8 Å². The number of H-pyrrole nitrogens is 1. The maximum atomic E-state index is 13.2. The number of hydrogen-bond donors (Lipinski definition) is 2. The SMILES string of the molecule is Cc1ccc(C(=O)N2CCCC(C(=O)c3cnn(-c4ccc(F)cc4)c3N)C2)c(=O)[nH]1. The summed E-state index contributed by atoms with van der Waals surface area (Å²) in [6.45, 7) is 2.41. The number of rotatable bonds is 4. The summed E-state index contributed by atoms with van der Waals surface area (Å²) in [6, 6.07) is 8.79. The molecule has 0 saturated carbocycles. The van der Waals surface area contributed by atoms with Gasteiger partial charge in [-0.3, -0.25) is 14.4 Å². The van der Waals surface area contributed by atoms with Crippen molar-refractivity contribution >= 4 is 17.5 Å². The van der Waals surface area contributed by atoms with Gasteiger partial charge in [-0.05, 0) is 56.2 Å². The largest absolute Gasteiger partial charge is 0.383 e. The van der Waals surface area contributed by atoms with Crippen molar-refractivity contribution in [2.24, 2.45) is 5.92 Å². The van der Waals surface area contributed by atoms with E-state index in [1.54, 1.807) is 13.0 Å². The number of aryl methyl sites for hydroxylation is 1. The van der Waals surface area contributed by atoms with E-state index in [1.165, 1.54) is 46.1 Å². The molecule has 4 rings (SSSR count). The monoisotopic (exact) mass is 423 g/mol. The van der Waals surface area contributed by atoms with Crippen molar-refractivity contribution < 1.29 is 14.0 Å². The number of amides is 1. The Hall–Kier alpha value is -3.75. The van der Waals surface area contributed by atoms with E-state index < -0.39 is 17.4 Å². The average Bonchev–Trinajstić information content (AvgIpc) is 3.14. The molecule has 0 spiro atoms. The van der Waals surface area contributed by atoms with E-state index in [9.17, 15) is 18.8 Å². The third kappa shape index (κ3) is 3.98. The normalized spacial score (nSPS) is 16.3. The van der Waals surface area contributed by atoms with Crippen LogP contribution in [0.25, 0.3) is 5.69 Å². The molecule has 3 N–H and O–H groups in total. The molecule has 0 radical (unpaired) electrons. The number of carbonyl (C=O) groups is 2. The van der Waals surface area contributed by atoms with Crippen molar-refractivity contribution in [3.63, 3.8) is 0 Å². The second kappa shape index (κ2) is 8.17. The summed E-state index contributed by atoms with van der Waals surface area (Å²) in [5.41, 5.74) is 7.24. The minimum Gasteiger partial charge on any atom is -0.383 e. The Labute approximate surface area is 177 Å². The van der Waals surface area contributed by atoms with Gasteiger partial charge in [0.1, 0.15) is 17.2 Å². The fourth-order valence-electron chi connectivity index (χ4n) is 3.84. The molecule has 8 nitrogen and oxygen atoms in total. The van der Waals surface area contributed by atoms with Gasteiger partial charge in [-0.1, -0.05) is 0 Å². The number of Topliss-reactive ketones (excluding diaryl/α,β-unsaturated/α-hetero) is 1. The zero-order chi connectivity index (χ0) is 22.1. The van der Waals surface area contributed by atoms with Gasteiger partial charge in [0, 0.05) is 24.7 Å². The number of benzene rings is 1. The molecule has 3 heterocycles. The average molecular weight is 423 g/mol. The molecule has 9 heteroatoms. The van der Waals surface area contributed by atoms with Crippen LogP contribution in [0.5, 0.6) is 0 Å². The van der Waals surface area contributed by atoms with Crippen LogP contribution in [0.4, 0.5) is 10.2 Å². The standard InChI is InChI=1S/C22H22FN5O3/c1-13-4-9-17(21(30)26-13)22(31)27-10-2-3-14(12-27)19(29)18-11-25-28(20(18)24)16-7-5-15(23)6-8-16/h4-9,11,14H,2-3,10,12,24H2,1H3,(H,26,30). The molecule has 1 amide bonds. The third-order valence-corrected chi connectivity index (χ3v) is 5.51. The van der Waals surface area contributed by atoms with Gasteiger partial charge in [0.2, 0.25) is 0 Å². The third-order valence-electron chi connectivity index (χ3n) is 5.51. The minimum absolute atomic E-state index is 0.0577. The second-order valence-electron chi connectivity index (χ2n) is 7.67. The summed E-state index contributed by atoms with van der Waals surface area (Å²) < 4.78 is 14.6. The Kier molecular flexibility index (Phi) is 5.41. The van der Waals surface area contributed by atoms with Crippen LogP contribution in [0.15, 0.2) is 47.4 Å². The topological polar surface area (TPSA) is 114 Å². The molecule has 2 aromatic heterocycles. The van der Waals surface area contributed by atoms with E-state index in [4.69, 9.17) is 5.73 Å². The van der Waals surface area contributed by atoms with Crippen LogP contribution in [0.1, 0.15) is 39.3 Å². The molecule has 3 aromatic rings. The molecule has 1 aliphatic rings. The maximum absolute atomic E-state index is 13.2. The van der Waals surface area contributed by atoms with Crippen LogP contribution < -0.4 is 11.3 Å². The van der Waals surface area contributed by atoms with Gasteiger partial charge < -0.3 is 15.6 Å². The van der Waals surface area contributed by atoms with Crippen molar-refractivity contribution in [3.05, 3.63) is 75.6 Å². The van der Waals surface area contributed by atoms with Crippen LogP contribution in [-0.2, 0) is 0 Å². The Morgan fingerprint density at radius 2 is 1.90 bits per heavy atom. The summed E-state index contributed by atoms with van der Waals surface area (Å²) >= 11 is 0. The summed E-state index contributed by atoms with van der Waals surface area (Å²) in [6.07, 6.45) is 2.64. The second-order valence-corrected chi connectivity index (χ2v) is 7.67.